The summed E-state index contributed by atoms with van der Waals surface area (Å²) in [7, 11) is 0. The molecule has 30 heavy (non-hydrogen) atoms. The van der Waals surface area contributed by atoms with E-state index in [2.05, 4.69) is 15.8 Å². The van der Waals surface area contributed by atoms with Crippen molar-refractivity contribution in [2.75, 3.05) is 31.1 Å². The minimum absolute atomic E-state index is 0.0351. The number of pyridine rings is 1. The van der Waals surface area contributed by atoms with Gasteiger partial charge in [0.1, 0.15) is 0 Å². The fourth-order valence-electron chi connectivity index (χ4n) is 4.61. The van der Waals surface area contributed by atoms with Crippen molar-refractivity contribution in [1.29, 1.82) is 0 Å². The zero-order valence-corrected chi connectivity index (χ0v) is 17.3. The fraction of sp³-hybridized carbons (Fsp3) is 0.435. The van der Waals surface area contributed by atoms with Crippen molar-refractivity contribution in [3.63, 3.8) is 0 Å². The van der Waals surface area contributed by atoms with Gasteiger partial charge in [0.25, 0.3) is 5.91 Å². The fourth-order valence-corrected chi connectivity index (χ4v) is 4.61. The number of hydrogen-bond acceptors (Lipinski definition) is 5. The molecule has 2 aliphatic rings. The van der Waals surface area contributed by atoms with Crippen LogP contribution in [0.4, 0.5) is 5.69 Å². The van der Waals surface area contributed by atoms with Crippen LogP contribution in [0.3, 0.4) is 0 Å². The Bertz CT molecular complexity index is 852. The maximum atomic E-state index is 13.4. The van der Waals surface area contributed by atoms with Gasteiger partial charge in [-0.1, -0.05) is 18.2 Å². The molecule has 2 atom stereocenters. The van der Waals surface area contributed by atoms with Gasteiger partial charge in [-0.25, -0.2) is 0 Å². The van der Waals surface area contributed by atoms with Crippen LogP contribution >= 0.6 is 0 Å². The molecule has 158 valence electrons. The first kappa shape index (κ1) is 20.5. The van der Waals surface area contributed by atoms with Crippen molar-refractivity contribution >= 4 is 17.5 Å². The molecule has 1 aromatic carbocycles. The van der Waals surface area contributed by atoms with E-state index in [1.807, 2.05) is 53.1 Å². The molecule has 1 aromatic heterocycles. The van der Waals surface area contributed by atoms with Gasteiger partial charge in [0.15, 0.2) is 0 Å². The van der Waals surface area contributed by atoms with E-state index in [4.69, 9.17) is 0 Å². The largest absolute Gasteiger partial charge is 0.339 e. The predicted molar refractivity (Wildman–Crippen MR) is 116 cm³/mol. The topological polar surface area (TPSA) is 77.6 Å². The third-order valence-corrected chi connectivity index (χ3v) is 6.23. The lowest BCUT2D eigenvalue weighted by Gasteiger charge is -2.37. The molecule has 2 aliphatic heterocycles. The average molecular weight is 408 g/mol. The van der Waals surface area contributed by atoms with Crippen molar-refractivity contribution in [3.05, 3.63) is 60.4 Å². The lowest BCUT2D eigenvalue weighted by molar-refractivity contribution is -0.122. The van der Waals surface area contributed by atoms with Crippen molar-refractivity contribution in [2.45, 2.75) is 25.8 Å². The number of rotatable bonds is 5. The quantitative estimate of drug-likeness (QED) is 0.794. The number of carbonyl (C=O) groups excluding carboxylic acids is 2. The van der Waals surface area contributed by atoms with Crippen LogP contribution in [0, 0.1) is 11.8 Å². The van der Waals surface area contributed by atoms with Crippen LogP contribution in [0.5, 0.6) is 0 Å². The average Bonchev–Trinajstić information content (AvgIpc) is 3.30. The number of amides is 2. The summed E-state index contributed by atoms with van der Waals surface area (Å²) in [6, 6.07) is 13.5. The molecule has 0 spiro atoms. The van der Waals surface area contributed by atoms with Gasteiger partial charge in [-0.05, 0) is 49.9 Å². The molecule has 2 unspecified atom stereocenters. The Morgan fingerprint density at radius 3 is 2.57 bits per heavy atom. The maximum Gasteiger partial charge on any atom is 0.255 e. The lowest BCUT2D eigenvalue weighted by atomic mass is 9.82. The summed E-state index contributed by atoms with van der Waals surface area (Å²) in [5.74, 6) is 0.421. The lowest BCUT2D eigenvalue weighted by Crippen LogP contribution is -2.49. The Balaban J connectivity index is 1.40. The number of nitrogens with zero attached hydrogens (tertiary/aromatic N) is 3. The number of benzene rings is 1. The van der Waals surface area contributed by atoms with Crippen LogP contribution in [0.15, 0.2) is 54.9 Å². The third-order valence-electron chi connectivity index (χ3n) is 6.23. The summed E-state index contributed by atoms with van der Waals surface area (Å²) in [4.78, 5) is 33.9. The molecular weight excluding hydrogens is 378 g/mol. The minimum Gasteiger partial charge on any atom is -0.339 e. The molecule has 0 bridgehead atoms. The molecule has 2 amide bonds. The molecule has 2 fully saturated rings. The smallest absolute Gasteiger partial charge is 0.255 e. The summed E-state index contributed by atoms with van der Waals surface area (Å²) >= 11 is 0. The van der Waals surface area contributed by atoms with Gasteiger partial charge in [0.2, 0.25) is 5.91 Å². The number of nitrogens with one attached hydrogen (secondary N) is 2. The number of aromatic nitrogens is 1. The van der Waals surface area contributed by atoms with Crippen LogP contribution in [0.1, 0.15) is 30.1 Å². The highest BCUT2D eigenvalue weighted by Crippen LogP contribution is 2.29. The second kappa shape index (κ2) is 9.36. The van der Waals surface area contributed by atoms with Gasteiger partial charge in [0, 0.05) is 50.3 Å². The Labute approximate surface area is 177 Å². The summed E-state index contributed by atoms with van der Waals surface area (Å²) in [6.45, 7) is 4.69. The van der Waals surface area contributed by atoms with Crippen LogP contribution in [0.25, 0.3) is 0 Å². The van der Waals surface area contributed by atoms with Gasteiger partial charge in [-0.3, -0.25) is 25.4 Å². The first-order chi connectivity index (χ1) is 14.7. The van der Waals surface area contributed by atoms with Gasteiger partial charge in [-0.15, -0.1) is 0 Å². The van der Waals surface area contributed by atoms with Crippen molar-refractivity contribution in [1.82, 2.24) is 20.7 Å². The monoisotopic (exact) mass is 407 g/mol. The number of piperidine rings is 1. The van der Waals surface area contributed by atoms with Gasteiger partial charge < -0.3 is 9.80 Å². The second-order valence-electron chi connectivity index (χ2n) is 7.95. The normalized spacial score (nSPS) is 22.1. The van der Waals surface area contributed by atoms with E-state index < -0.39 is 0 Å². The third kappa shape index (κ3) is 4.22. The summed E-state index contributed by atoms with van der Waals surface area (Å²) in [5.41, 5.74) is 8.13. The van der Waals surface area contributed by atoms with Crippen molar-refractivity contribution < 1.29 is 9.59 Å². The number of hydrogen-bond donors (Lipinski definition) is 2. The zero-order chi connectivity index (χ0) is 20.9. The van der Waals surface area contributed by atoms with E-state index >= 15 is 0 Å². The summed E-state index contributed by atoms with van der Waals surface area (Å²) in [6.07, 6.45) is 5.06. The van der Waals surface area contributed by atoms with Gasteiger partial charge in [0.05, 0.1) is 11.5 Å². The van der Waals surface area contributed by atoms with Crippen LogP contribution < -0.4 is 15.8 Å². The molecule has 3 heterocycles. The Morgan fingerprint density at radius 2 is 1.90 bits per heavy atom. The van der Waals surface area contributed by atoms with E-state index in [-0.39, 0.29) is 23.8 Å². The van der Waals surface area contributed by atoms with Crippen LogP contribution in [-0.4, -0.2) is 53.9 Å². The number of para-hydroxylation sites is 1. The number of anilines is 1. The van der Waals surface area contributed by atoms with E-state index in [1.165, 1.54) is 0 Å². The standard InChI is InChI=1S/C23H29N5O2/c1-2-28(19-8-4-3-5-9-19)23(30)20-16-25-26-21(20)17-10-13-27(14-11-17)22(29)18-7-6-12-24-15-18/h3-9,12,15,17,20-21,25-26H,2,10-11,13-14,16H2,1H3. The highest BCUT2D eigenvalue weighted by Gasteiger charge is 2.41. The van der Waals surface area contributed by atoms with E-state index in [1.54, 1.807) is 18.5 Å². The molecule has 7 nitrogen and oxygen atoms in total. The van der Waals surface area contributed by atoms with Gasteiger partial charge >= 0.3 is 0 Å². The first-order valence-electron chi connectivity index (χ1n) is 10.7. The van der Waals surface area contributed by atoms with E-state index in [0.29, 0.717) is 37.7 Å². The number of likely N-dealkylation sites (tertiary alicyclic amines) is 1. The molecule has 2 N–H and O–H groups in total. The molecule has 2 aromatic rings. The van der Waals surface area contributed by atoms with Crippen molar-refractivity contribution in [2.24, 2.45) is 11.8 Å². The predicted octanol–water partition coefficient (Wildman–Crippen LogP) is 2.08. The zero-order valence-electron chi connectivity index (χ0n) is 17.3. The summed E-state index contributed by atoms with van der Waals surface area (Å²) in [5, 5.41) is 0. The Hall–Kier alpha value is -2.77. The van der Waals surface area contributed by atoms with Gasteiger partial charge in [-0.2, -0.15) is 0 Å². The second-order valence-corrected chi connectivity index (χ2v) is 7.95. The van der Waals surface area contributed by atoms with E-state index in [9.17, 15) is 9.59 Å². The minimum atomic E-state index is -0.115. The maximum absolute atomic E-state index is 13.4. The molecule has 0 saturated carbocycles. The molecular formula is C23H29N5O2. The molecule has 4 rings (SSSR count). The molecule has 0 radical (unpaired) electrons. The first-order valence-corrected chi connectivity index (χ1v) is 10.7. The number of carbonyl (C=O) groups is 2. The van der Waals surface area contributed by atoms with Crippen molar-refractivity contribution in [3.8, 4) is 0 Å². The summed E-state index contributed by atoms with van der Waals surface area (Å²) < 4.78 is 0. The Kier molecular flexibility index (Phi) is 6.40. The number of hydrazine groups is 1. The van der Waals surface area contributed by atoms with Crippen LogP contribution in [-0.2, 0) is 4.79 Å². The SMILES string of the molecule is CCN(C(=O)C1CNNC1C1CCN(C(=O)c2cccnc2)CC1)c1ccccc1. The van der Waals surface area contributed by atoms with Crippen LogP contribution in [0.2, 0.25) is 0 Å². The molecule has 0 aliphatic carbocycles. The highest BCUT2D eigenvalue weighted by molar-refractivity contribution is 5.96. The highest BCUT2D eigenvalue weighted by atomic mass is 16.2. The van der Waals surface area contributed by atoms with E-state index in [0.717, 1.165) is 18.5 Å². The Morgan fingerprint density at radius 1 is 1.13 bits per heavy atom. The molecule has 2 saturated heterocycles. The molecule has 7 heteroatoms.